The van der Waals surface area contributed by atoms with Crippen LogP contribution in [-0.2, 0) is 11.8 Å². The monoisotopic (exact) mass is 406 g/mol. The number of carbonyl (C=O) groups is 3. The molecule has 1 atom stereocenters. The molecule has 1 unspecified atom stereocenters. The van der Waals surface area contributed by atoms with E-state index in [2.05, 4.69) is 10.3 Å². The van der Waals surface area contributed by atoms with Gasteiger partial charge in [0.15, 0.2) is 5.16 Å². The van der Waals surface area contributed by atoms with Gasteiger partial charge in [0, 0.05) is 30.0 Å². The summed E-state index contributed by atoms with van der Waals surface area (Å²) in [4.78, 5) is 44.0. The Bertz CT molecular complexity index is 1070. The van der Waals surface area contributed by atoms with Crippen LogP contribution in [-0.4, -0.2) is 38.2 Å². The van der Waals surface area contributed by atoms with Crippen molar-refractivity contribution in [2.24, 2.45) is 7.05 Å². The number of fused-ring (bicyclic) bond motifs is 1. The lowest BCUT2D eigenvalue weighted by Crippen LogP contribution is -2.45. The number of carbonyl (C=O) groups excluding carboxylic acids is 3. The largest absolute Gasteiger partial charge is 0.329 e. The van der Waals surface area contributed by atoms with Crippen LogP contribution in [0.3, 0.4) is 0 Å². The Morgan fingerprint density at radius 2 is 1.66 bits per heavy atom. The molecule has 0 saturated heterocycles. The van der Waals surface area contributed by atoms with Crippen molar-refractivity contribution in [3.8, 4) is 0 Å². The highest BCUT2D eigenvalue weighted by Gasteiger charge is 2.40. The summed E-state index contributed by atoms with van der Waals surface area (Å²) in [6, 6.07) is 13.0. The van der Waals surface area contributed by atoms with Crippen molar-refractivity contribution >= 4 is 35.2 Å². The molecular formula is C21H18N4O3S. The normalized spacial score (nSPS) is 14.1. The van der Waals surface area contributed by atoms with Crippen molar-refractivity contribution in [2.45, 2.75) is 23.0 Å². The van der Waals surface area contributed by atoms with Gasteiger partial charge in [0.05, 0.1) is 11.1 Å². The molecule has 0 fully saturated rings. The molecule has 4 rings (SSSR count). The molecule has 1 aliphatic heterocycles. The van der Waals surface area contributed by atoms with Crippen LogP contribution < -0.4 is 5.32 Å². The summed E-state index contributed by atoms with van der Waals surface area (Å²) in [5.41, 5.74) is 1.24. The molecule has 2 heterocycles. The number of imide groups is 1. The Kier molecular flexibility index (Phi) is 4.94. The number of nitrogens with one attached hydrogen (secondary N) is 1. The number of aryl methyl sites for hydroxylation is 1. The molecule has 0 bridgehead atoms. The van der Waals surface area contributed by atoms with Gasteiger partial charge in [-0.25, -0.2) is 4.98 Å². The SMILES string of the molecule is CC(C(=O)Nc1ccc(Sc2nccn2C)cc1)N1C(=O)c2ccccc2C1=O. The van der Waals surface area contributed by atoms with E-state index < -0.39 is 23.8 Å². The molecule has 8 heteroatoms. The molecule has 1 N–H and O–H groups in total. The number of amides is 3. The van der Waals surface area contributed by atoms with Crippen molar-refractivity contribution in [1.29, 1.82) is 0 Å². The quantitative estimate of drug-likeness (QED) is 0.658. The summed E-state index contributed by atoms with van der Waals surface area (Å²) < 4.78 is 1.92. The van der Waals surface area contributed by atoms with Gasteiger partial charge in [0.25, 0.3) is 11.8 Å². The number of rotatable bonds is 5. The molecule has 3 amide bonds. The highest BCUT2D eigenvalue weighted by atomic mass is 32.2. The lowest BCUT2D eigenvalue weighted by molar-refractivity contribution is -0.119. The number of benzene rings is 2. The van der Waals surface area contributed by atoms with Gasteiger partial charge < -0.3 is 9.88 Å². The Hall–Kier alpha value is -3.39. The van der Waals surface area contributed by atoms with E-state index in [9.17, 15) is 14.4 Å². The van der Waals surface area contributed by atoms with Crippen LogP contribution in [0, 0.1) is 0 Å². The molecule has 146 valence electrons. The number of imidazole rings is 1. The number of nitrogens with zero attached hydrogens (tertiary/aromatic N) is 3. The van der Waals surface area contributed by atoms with Crippen LogP contribution in [0.1, 0.15) is 27.6 Å². The number of hydrogen-bond acceptors (Lipinski definition) is 5. The maximum Gasteiger partial charge on any atom is 0.262 e. The van der Waals surface area contributed by atoms with E-state index >= 15 is 0 Å². The maximum absolute atomic E-state index is 12.7. The third kappa shape index (κ3) is 3.54. The highest BCUT2D eigenvalue weighted by Crippen LogP contribution is 2.28. The molecule has 0 aliphatic carbocycles. The lowest BCUT2D eigenvalue weighted by atomic mass is 10.1. The second-order valence-corrected chi connectivity index (χ2v) is 7.68. The first-order chi connectivity index (χ1) is 14.0. The maximum atomic E-state index is 12.7. The van der Waals surface area contributed by atoms with Crippen molar-refractivity contribution in [2.75, 3.05) is 5.32 Å². The summed E-state index contributed by atoms with van der Waals surface area (Å²) in [7, 11) is 1.92. The molecule has 0 spiro atoms. The highest BCUT2D eigenvalue weighted by molar-refractivity contribution is 7.99. The summed E-state index contributed by atoms with van der Waals surface area (Å²) in [5.74, 6) is -1.32. The van der Waals surface area contributed by atoms with Crippen LogP contribution in [0.4, 0.5) is 5.69 Å². The predicted octanol–water partition coefficient (Wildman–Crippen LogP) is 3.19. The van der Waals surface area contributed by atoms with E-state index in [4.69, 9.17) is 0 Å². The van der Waals surface area contributed by atoms with Gasteiger partial charge in [-0.05, 0) is 43.3 Å². The van der Waals surface area contributed by atoms with Crippen LogP contribution >= 0.6 is 11.8 Å². The summed E-state index contributed by atoms with van der Waals surface area (Å²) >= 11 is 1.51. The number of aromatic nitrogens is 2. The Balaban J connectivity index is 1.43. The van der Waals surface area contributed by atoms with E-state index in [0.29, 0.717) is 16.8 Å². The minimum Gasteiger partial charge on any atom is -0.329 e. The molecule has 3 aromatic rings. The second kappa shape index (κ2) is 7.56. The first-order valence-corrected chi connectivity index (χ1v) is 9.80. The first kappa shape index (κ1) is 18.9. The van der Waals surface area contributed by atoms with Crippen molar-refractivity contribution < 1.29 is 14.4 Å². The molecule has 0 radical (unpaired) electrons. The summed E-state index contributed by atoms with van der Waals surface area (Å²) in [6.45, 7) is 1.54. The van der Waals surface area contributed by atoms with E-state index in [0.717, 1.165) is 15.0 Å². The zero-order valence-corrected chi connectivity index (χ0v) is 16.6. The van der Waals surface area contributed by atoms with Crippen molar-refractivity contribution in [3.05, 3.63) is 72.1 Å². The van der Waals surface area contributed by atoms with Gasteiger partial charge in [-0.15, -0.1) is 0 Å². The fraction of sp³-hybridized carbons (Fsp3) is 0.143. The smallest absolute Gasteiger partial charge is 0.262 e. The third-order valence-corrected chi connectivity index (χ3v) is 5.78. The lowest BCUT2D eigenvalue weighted by Gasteiger charge is -2.21. The zero-order chi connectivity index (χ0) is 20.5. The van der Waals surface area contributed by atoms with Crippen LogP contribution in [0.2, 0.25) is 0 Å². The zero-order valence-electron chi connectivity index (χ0n) is 15.8. The van der Waals surface area contributed by atoms with Crippen LogP contribution in [0.25, 0.3) is 0 Å². The molecule has 1 aromatic heterocycles. The van der Waals surface area contributed by atoms with Gasteiger partial charge in [0.1, 0.15) is 6.04 Å². The minimum atomic E-state index is -0.927. The fourth-order valence-electron chi connectivity index (χ4n) is 3.09. The number of hydrogen-bond donors (Lipinski definition) is 1. The topological polar surface area (TPSA) is 84.3 Å². The van der Waals surface area contributed by atoms with E-state index in [1.807, 2.05) is 29.9 Å². The minimum absolute atomic E-state index is 0.327. The molecule has 2 aromatic carbocycles. The van der Waals surface area contributed by atoms with E-state index in [-0.39, 0.29) is 0 Å². The van der Waals surface area contributed by atoms with Crippen molar-refractivity contribution in [3.63, 3.8) is 0 Å². The average molecular weight is 406 g/mol. The van der Waals surface area contributed by atoms with E-state index in [1.165, 1.54) is 11.8 Å². The Labute approximate surface area is 171 Å². The molecule has 29 heavy (non-hydrogen) atoms. The molecular weight excluding hydrogens is 388 g/mol. The summed E-state index contributed by atoms with van der Waals surface area (Å²) in [6.07, 6.45) is 3.61. The van der Waals surface area contributed by atoms with Crippen molar-refractivity contribution in [1.82, 2.24) is 14.5 Å². The Morgan fingerprint density at radius 3 is 2.21 bits per heavy atom. The van der Waals surface area contributed by atoms with E-state index in [1.54, 1.807) is 49.5 Å². The molecule has 1 aliphatic rings. The van der Waals surface area contributed by atoms with Gasteiger partial charge in [-0.1, -0.05) is 23.9 Å². The first-order valence-electron chi connectivity index (χ1n) is 8.98. The van der Waals surface area contributed by atoms with Gasteiger partial charge in [-0.3, -0.25) is 19.3 Å². The second-order valence-electron chi connectivity index (χ2n) is 6.64. The van der Waals surface area contributed by atoms with Gasteiger partial charge in [-0.2, -0.15) is 0 Å². The summed E-state index contributed by atoms with van der Waals surface area (Å²) in [5, 5.41) is 3.63. The molecule has 7 nitrogen and oxygen atoms in total. The molecule has 0 saturated carbocycles. The Morgan fingerprint density at radius 1 is 1.03 bits per heavy atom. The average Bonchev–Trinajstić information content (AvgIpc) is 3.24. The van der Waals surface area contributed by atoms with Crippen LogP contribution in [0.15, 0.2) is 71.0 Å². The number of anilines is 1. The van der Waals surface area contributed by atoms with Crippen LogP contribution in [0.5, 0.6) is 0 Å². The predicted molar refractivity (Wildman–Crippen MR) is 109 cm³/mol. The van der Waals surface area contributed by atoms with Gasteiger partial charge >= 0.3 is 0 Å². The third-order valence-electron chi connectivity index (χ3n) is 4.70. The fourth-order valence-corrected chi connectivity index (χ4v) is 3.89. The van der Waals surface area contributed by atoms with Gasteiger partial charge in [0.2, 0.25) is 5.91 Å². The standard InChI is InChI=1S/C21H18N4O3S/c1-13(25-19(27)16-5-3-4-6-17(16)20(25)28)18(26)23-14-7-9-15(10-8-14)29-21-22-11-12-24(21)2/h3-13H,1-2H3,(H,23,26).